The number of unbranched alkanes of at least 4 members (excludes halogenated alkanes) is 1. The Balaban J connectivity index is 2.30. The number of halogens is 1. The monoisotopic (exact) mass is 254 g/mol. The van der Waals surface area contributed by atoms with Crippen LogP contribution in [-0.4, -0.2) is 0 Å². The summed E-state index contributed by atoms with van der Waals surface area (Å²) < 4.78 is 13.0. The van der Waals surface area contributed by atoms with Gasteiger partial charge in [0.1, 0.15) is 5.82 Å². The van der Waals surface area contributed by atoms with Crippen molar-refractivity contribution in [2.75, 3.05) is 0 Å². The molecule has 0 saturated carbocycles. The first-order chi connectivity index (χ1) is 9.29. The molecule has 0 aliphatic carbocycles. The van der Waals surface area contributed by atoms with Crippen molar-refractivity contribution in [3.8, 4) is 0 Å². The van der Waals surface area contributed by atoms with Crippen molar-refractivity contribution < 1.29 is 4.39 Å². The Bertz CT molecular complexity index is 523. The largest absolute Gasteiger partial charge is 0.207 e. The first-order valence-electron chi connectivity index (χ1n) is 6.81. The normalized spacial score (nSPS) is 11.6. The molecule has 0 N–H and O–H groups in total. The first-order valence-corrected chi connectivity index (χ1v) is 6.81. The molecule has 0 amide bonds. The van der Waals surface area contributed by atoms with E-state index >= 15 is 0 Å². The van der Waals surface area contributed by atoms with E-state index in [0.717, 1.165) is 24.8 Å². The van der Waals surface area contributed by atoms with Crippen LogP contribution in [0.1, 0.15) is 37.3 Å². The van der Waals surface area contributed by atoms with Gasteiger partial charge in [-0.3, -0.25) is 0 Å². The number of hydrogen-bond acceptors (Lipinski definition) is 0. The molecule has 2 aromatic rings. The maximum absolute atomic E-state index is 13.0. The average molecular weight is 254 g/mol. The van der Waals surface area contributed by atoms with E-state index in [-0.39, 0.29) is 5.82 Å². The number of benzene rings is 2. The van der Waals surface area contributed by atoms with E-state index in [1.165, 1.54) is 23.3 Å². The lowest BCUT2D eigenvalue weighted by Gasteiger charge is -2.08. The minimum Gasteiger partial charge on any atom is -0.207 e. The highest BCUT2D eigenvalue weighted by molar-refractivity contribution is 5.81. The van der Waals surface area contributed by atoms with Crippen molar-refractivity contribution in [3.05, 3.63) is 71.5 Å². The van der Waals surface area contributed by atoms with Crippen LogP contribution in [0, 0.1) is 5.82 Å². The van der Waals surface area contributed by atoms with E-state index in [1.807, 2.05) is 30.3 Å². The molecular formula is C18H19F. The molecule has 19 heavy (non-hydrogen) atoms. The highest BCUT2D eigenvalue weighted by Crippen LogP contribution is 2.24. The quantitative estimate of drug-likeness (QED) is 0.613. The zero-order valence-electron chi connectivity index (χ0n) is 11.3. The van der Waals surface area contributed by atoms with Gasteiger partial charge in [0.05, 0.1) is 0 Å². The van der Waals surface area contributed by atoms with E-state index in [2.05, 4.69) is 25.1 Å². The molecule has 0 saturated heterocycles. The lowest BCUT2D eigenvalue weighted by atomic mass is 9.98. The fourth-order valence-electron chi connectivity index (χ4n) is 2.08. The maximum atomic E-state index is 13.0. The van der Waals surface area contributed by atoms with Crippen LogP contribution >= 0.6 is 0 Å². The second kappa shape index (κ2) is 6.89. The molecule has 0 heterocycles. The Morgan fingerprint density at radius 1 is 1.00 bits per heavy atom. The van der Waals surface area contributed by atoms with Crippen LogP contribution in [0.25, 0.3) is 11.6 Å². The van der Waals surface area contributed by atoms with Gasteiger partial charge in [-0.2, -0.15) is 0 Å². The summed E-state index contributed by atoms with van der Waals surface area (Å²) >= 11 is 0. The molecule has 0 fully saturated rings. The fraction of sp³-hybridized carbons (Fsp3) is 0.222. The van der Waals surface area contributed by atoms with Crippen LogP contribution in [0.2, 0.25) is 0 Å². The Morgan fingerprint density at radius 3 is 2.32 bits per heavy atom. The second-order valence-electron chi connectivity index (χ2n) is 4.69. The Kier molecular flexibility index (Phi) is 4.91. The molecule has 2 aromatic carbocycles. The lowest BCUT2D eigenvalue weighted by Crippen LogP contribution is -1.87. The molecule has 2 rings (SSSR count). The van der Waals surface area contributed by atoms with Gasteiger partial charge in [-0.05, 0) is 41.7 Å². The molecule has 1 heteroatoms. The SMILES string of the molecule is CCCC/C(=C\c1ccccc1)c1ccc(F)cc1. The Morgan fingerprint density at radius 2 is 1.68 bits per heavy atom. The molecule has 0 aromatic heterocycles. The predicted octanol–water partition coefficient (Wildman–Crippen LogP) is 5.56. The van der Waals surface area contributed by atoms with E-state index in [0.29, 0.717) is 0 Å². The smallest absolute Gasteiger partial charge is 0.123 e. The summed E-state index contributed by atoms with van der Waals surface area (Å²) in [6, 6.07) is 17.0. The van der Waals surface area contributed by atoms with Crippen molar-refractivity contribution in [1.29, 1.82) is 0 Å². The zero-order chi connectivity index (χ0) is 13.5. The second-order valence-corrected chi connectivity index (χ2v) is 4.69. The zero-order valence-corrected chi connectivity index (χ0v) is 11.3. The van der Waals surface area contributed by atoms with Crippen molar-refractivity contribution >= 4 is 11.6 Å². The molecule has 98 valence electrons. The summed E-state index contributed by atoms with van der Waals surface area (Å²) in [5, 5.41) is 0. The molecular weight excluding hydrogens is 235 g/mol. The molecule has 0 aliphatic rings. The summed E-state index contributed by atoms with van der Waals surface area (Å²) in [5.41, 5.74) is 3.57. The summed E-state index contributed by atoms with van der Waals surface area (Å²) in [5.74, 6) is -0.182. The standard InChI is InChI=1S/C18H19F/c1-2-3-9-17(14-15-7-5-4-6-8-15)16-10-12-18(19)13-11-16/h4-8,10-14H,2-3,9H2,1H3/b17-14+. The summed E-state index contributed by atoms with van der Waals surface area (Å²) in [6.45, 7) is 2.19. The van der Waals surface area contributed by atoms with Gasteiger partial charge in [0, 0.05) is 0 Å². The van der Waals surface area contributed by atoms with Gasteiger partial charge < -0.3 is 0 Å². The van der Waals surface area contributed by atoms with Gasteiger partial charge in [0.25, 0.3) is 0 Å². The topological polar surface area (TPSA) is 0 Å². The van der Waals surface area contributed by atoms with Gasteiger partial charge in [0.2, 0.25) is 0 Å². The highest BCUT2D eigenvalue weighted by atomic mass is 19.1. The average Bonchev–Trinajstić information content (AvgIpc) is 2.45. The summed E-state index contributed by atoms with van der Waals surface area (Å²) in [6.07, 6.45) is 5.53. The lowest BCUT2D eigenvalue weighted by molar-refractivity contribution is 0.627. The van der Waals surface area contributed by atoms with Crippen molar-refractivity contribution in [2.45, 2.75) is 26.2 Å². The van der Waals surface area contributed by atoms with Gasteiger partial charge in [-0.1, -0.05) is 61.9 Å². The number of allylic oxidation sites excluding steroid dienone is 1. The minimum absolute atomic E-state index is 0.182. The molecule has 0 unspecified atom stereocenters. The molecule has 0 atom stereocenters. The summed E-state index contributed by atoms with van der Waals surface area (Å²) in [7, 11) is 0. The molecule has 0 radical (unpaired) electrons. The van der Waals surface area contributed by atoms with Crippen molar-refractivity contribution in [1.82, 2.24) is 0 Å². The Hall–Kier alpha value is -1.89. The molecule has 0 spiro atoms. The van der Waals surface area contributed by atoms with Crippen molar-refractivity contribution in [2.24, 2.45) is 0 Å². The molecule has 0 aliphatic heterocycles. The van der Waals surface area contributed by atoms with E-state index in [1.54, 1.807) is 0 Å². The first kappa shape index (κ1) is 13.5. The van der Waals surface area contributed by atoms with Crippen LogP contribution in [0.15, 0.2) is 54.6 Å². The van der Waals surface area contributed by atoms with Crippen LogP contribution in [-0.2, 0) is 0 Å². The van der Waals surface area contributed by atoms with Gasteiger partial charge >= 0.3 is 0 Å². The maximum Gasteiger partial charge on any atom is 0.123 e. The van der Waals surface area contributed by atoms with Crippen molar-refractivity contribution in [3.63, 3.8) is 0 Å². The number of rotatable bonds is 5. The van der Waals surface area contributed by atoms with E-state index in [4.69, 9.17) is 0 Å². The minimum atomic E-state index is -0.182. The van der Waals surface area contributed by atoms with Crippen LogP contribution in [0.5, 0.6) is 0 Å². The van der Waals surface area contributed by atoms with Gasteiger partial charge in [-0.15, -0.1) is 0 Å². The Labute approximate surface area is 114 Å². The summed E-state index contributed by atoms with van der Waals surface area (Å²) in [4.78, 5) is 0. The highest BCUT2D eigenvalue weighted by Gasteiger charge is 2.02. The van der Waals surface area contributed by atoms with E-state index < -0.39 is 0 Å². The van der Waals surface area contributed by atoms with Crippen LogP contribution in [0.4, 0.5) is 4.39 Å². The predicted molar refractivity (Wildman–Crippen MR) is 80.2 cm³/mol. The molecule has 0 bridgehead atoms. The van der Waals surface area contributed by atoms with Gasteiger partial charge in [0.15, 0.2) is 0 Å². The van der Waals surface area contributed by atoms with E-state index in [9.17, 15) is 4.39 Å². The number of hydrogen-bond donors (Lipinski definition) is 0. The van der Waals surface area contributed by atoms with Gasteiger partial charge in [-0.25, -0.2) is 4.39 Å². The fourth-order valence-corrected chi connectivity index (χ4v) is 2.08. The van der Waals surface area contributed by atoms with Crippen LogP contribution < -0.4 is 0 Å². The van der Waals surface area contributed by atoms with Crippen LogP contribution in [0.3, 0.4) is 0 Å². The third kappa shape index (κ3) is 4.06. The molecule has 0 nitrogen and oxygen atoms in total. The third-order valence-corrected chi connectivity index (χ3v) is 3.16. The third-order valence-electron chi connectivity index (χ3n) is 3.16.